The molecule has 1 aliphatic carbocycles. The lowest BCUT2D eigenvalue weighted by Gasteiger charge is -2.15. The van der Waals surface area contributed by atoms with Crippen molar-refractivity contribution in [2.45, 2.75) is 25.7 Å². The first kappa shape index (κ1) is 14.2. The number of amides is 1. The van der Waals surface area contributed by atoms with Gasteiger partial charge in [0.25, 0.3) is 5.91 Å². The molecular formula is C16H15N3O3. The second-order valence-electron chi connectivity index (χ2n) is 5.20. The fraction of sp³-hybridized carbons (Fsp3) is 0.250. The summed E-state index contributed by atoms with van der Waals surface area (Å²) in [6.45, 7) is 0. The third-order valence-corrected chi connectivity index (χ3v) is 3.63. The Bertz CT molecular complexity index is 743. The molecule has 2 N–H and O–H groups in total. The fourth-order valence-electron chi connectivity index (χ4n) is 2.53. The maximum absolute atomic E-state index is 12.2. The number of hydrogen-bond acceptors (Lipinski definition) is 4. The van der Waals surface area contributed by atoms with Crippen LogP contribution in [0.4, 0.5) is 5.69 Å². The van der Waals surface area contributed by atoms with Gasteiger partial charge in [-0.3, -0.25) is 9.78 Å². The van der Waals surface area contributed by atoms with E-state index in [0.29, 0.717) is 5.69 Å². The predicted molar refractivity (Wildman–Crippen MR) is 80.0 cm³/mol. The van der Waals surface area contributed by atoms with Crippen LogP contribution in [0.1, 0.15) is 45.1 Å². The average Bonchev–Trinajstić information content (AvgIpc) is 2.55. The summed E-state index contributed by atoms with van der Waals surface area (Å²) in [6, 6.07) is 6.25. The molecule has 2 aromatic rings. The van der Waals surface area contributed by atoms with Crippen LogP contribution >= 0.6 is 0 Å². The number of carbonyl (C=O) groups excluding carboxylic acids is 1. The number of pyridine rings is 2. The Labute approximate surface area is 127 Å². The maximum atomic E-state index is 12.2. The number of aromatic nitrogens is 2. The van der Waals surface area contributed by atoms with E-state index < -0.39 is 11.9 Å². The lowest BCUT2D eigenvalue weighted by molar-refractivity contribution is 0.0690. The number of nitrogens with one attached hydrogen (secondary N) is 1. The van der Waals surface area contributed by atoms with Gasteiger partial charge in [-0.1, -0.05) is 6.07 Å². The van der Waals surface area contributed by atoms with Gasteiger partial charge in [0, 0.05) is 5.69 Å². The molecule has 1 aliphatic rings. The highest BCUT2D eigenvalue weighted by molar-refractivity contribution is 6.03. The van der Waals surface area contributed by atoms with E-state index >= 15 is 0 Å². The molecular weight excluding hydrogens is 282 g/mol. The van der Waals surface area contributed by atoms with Gasteiger partial charge in [-0.05, 0) is 49.4 Å². The first-order valence-corrected chi connectivity index (χ1v) is 7.13. The van der Waals surface area contributed by atoms with E-state index in [1.165, 1.54) is 18.2 Å². The number of aromatic carboxylic acids is 1. The monoisotopic (exact) mass is 297 g/mol. The van der Waals surface area contributed by atoms with Crippen molar-refractivity contribution in [2.75, 3.05) is 5.32 Å². The number of fused-ring (bicyclic) bond motifs is 1. The Balaban J connectivity index is 1.79. The Morgan fingerprint density at radius 2 is 1.91 bits per heavy atom. The minimum Gasteiger partial charge on any atom is -0.477 e. The van der Waals surface area contributed by atoms with E-state index in [9.17, 15) is 9.59 Å². The molecule has 0 fully saturated rings. The van der Waals surface area contributed by atoms with Crippen molar-refractivity contribution in [1.29, 1.82) is 0 Å². The van der Waals surface area contributed by atoms with Crippen molar-refractivity contribution in [2.24, 2.45) is 0 Å². The normalized spacial score (nSPS) is 13.3. The molecule has 0 atom stereocenters. The van der Waals surface area contributed by atoms with E-state index in [4.69, 9.17) is 5.11 Å². The molecule has 0 spiro atoms. The van der Waals surface area contributed by atoms with E-state index in [-0.39, 0.29) is 11.4 Å². The number of carboxylic acid groups (broad SMARTS) is 1. The van der Waals surface area contributed by atoms with Gasteiger partial charge in [-0.2, -0.15) is 0 Å². The van der Waals surface area contributed by atoms with Gasteiger partial charge in [0.05, 0.1) is 11.9 Å². The molecule has 3 rings (SSSR count). The van der Waals surface area contributed by atoms with Crippen LogP contribution in [0, 0.1) is 0 Å². The number of rotatable bonds is 3. The zero-order chi connectivity index (χ0) is 15.5. The number of anilines is 1. The van der Waals surface area contributed by atoms with Crippen molar-refractivity contribution in [1.82, 2.24) is 9.97 Å². The first-order chi connectivity index (χ1) is 10.6. The van der Waals surface area contributed by atoms with E-state index in [0.717, 1.165) is 36.9 Å². The first-order valence-electron chi connectivity index (χ1n) is 7.13. The van der Waals surface area contributed by atoms with Gasteiger partial charge in [-0.15, -0.1) is 0 Å². The molecule has 0 bridgehead atoms. The zero-order valence-electron chi connectivity index (χ0n) is 11.9. The van der Waals surface area contributed by atoms with Crippen molar-refractivity contribution in [3.8, 4) is 0 Å². The van der Waals surface area contributed by atoms with Gasteiger partial charge < -0.3 is 10.4 Å². The predicted octanol–water partition coefficient (Wildman–Crippen LogP) is 2.31. The summed E-state index contributed by atoms with van der Waals surface area (Å²) in [5.74, 6) is -1.61. The summed E-state index contributed by atoms with van der Waals surface area (Å²) in [6.07, 6.45) is 5.86. The highest BCUT2D eigenvalue weighted by atomic mass is 16.4. The molecule has 0 aliphatic heterocycles. The average molecular weight is 297 g/mol. The van der Waals surface area contributed by atoms with Gasteiger partial charge in [-0.25, -0.2) is 9.78 Å². The van der Waals surface area contributed by atoms with Gasteiger partial charge >= 0.3 is 5.97 Å². The molecule has 0 unspecified atom stereocenters. The third kappa shape index (κ3) is 2.95. The smallest absolute Gasteiger partial charge is 0.354 e. The summed E-state index contributed by atoms with van der Waals surface area (Å²) in [5, 5.41) is 11.6. The van der Waals surface area contributed by atoms with Crippen LogP contribution in [-0.2, 0) is 12.8 Å². The lowest BCUT2D eigenvalue weighted by Crippen LogP contribution is -2.16. The van der Waals surface area contributed by atoms with Gasteiger partial charge in [0.1, 0.15) is 11.4 Å². The molecule has 0 aromatic carbocycles. The summed E-state index contributed by atoms with van der Waals surface area (Å²) in [7, 11) is 0. The zero-order valence-corrected chi connectivity index (χ0v) is 11.9. The Morgan fingerprint density at radius 3 is 2.73 bits per heavy atom. The van der Waals surface area contributed by atoms with Crippen molar-refractivity contribution in [3.63, 3.8) is 0 Å². The van der Waals surface area contributed by atoms with Crippen molar-refractivity contribution < 1.29 is 14.7 Å². The van der Waals surface area contributed by atoms with Crippen molar-refractivity contribution >= 4 is 17.6 Å². The second kappa shape index (κ2) is 5.93. The standard InChI is InChI=1S/C16H15N3O3/c20-15(13-6-3-7-14(19-13)16(21)22)18-11-8-10-4-1-2-5-12(10)17-9-11/h3,6-9H,1-2,4-5H2,(H,18,20)(H,21,22). The molecule has 6 heteroatoms. The Kier molecular flexibility index (Phi) is 3.82. The van der Waals surface area contributed by atoms with Crippen LogP contribution in [0.3, 0.4) is 0 Å². The number of carboxylic acids is 1. The molecule has 6 nitrogen and oxygen atoms in total. The minimum absolute atomic E-state index is 0.0672. The third-order valence-electron chi connectivity index (χ3n) is 3.63. The summed E-state index contributed by atoms with van der Waals surface area (Å²) < 4.78 is 0. The van der Waals surface area contributed by atoms with Crippen LogP contribution in [0.25, 0.3) is 0 Å². The van der Waals surface area contributed by atoms with E-state index in [2.05, 4.69) is 15.3 Å². The Hall–Kier alpha value is -2.76. The molecule has 22 heavy (non-hydrogen) atoms. The highest BCUT2D eigenvalue weighted by Crippen LogP contribution is 2.22. The molecule has 2 aromatic heterocycles. The molecule has 0 saturated heterocycles. The van der Waals surface area contributed by atoms with Crippen molar-refractivity contribution in [3.05, 3.63) is 53.1 Å². The summed E-state index contributed by atoms with van der Waals surface area (Å²) in [4.78, 5) is 31.3. The van der Waals surface area contributed by atoms with Crippen LogP contribution < -0.4 is 5.32 Å². The molecule has 1 amide bonds. The molecule has 0 saturated carbocycles. The largest absolute Gasteiger partial charge is 0.477 e. The number of aryl methyl sites for hydroxylation is 2. The number of hydrogen-bond donors (Lipinski definition) is 2. The van der Waals surface area contributed by atoms with Crippen LogP contribution in [0.2, 0.25) is 0 Å². The Morgan fingerprint density at radius 1 is 1.14 bits per heavy atom. The van der Waals surface area contributed by atoms with Crippen LogP contribution in [0.5, 0.6) is 0 Å². The van der Waals surface area contributed by atoms with E-state index in [1.807, 2.05) is 6.07 Å². The lowest BCUT2D eigenvalue weighted by atomic mass is 9.96. The van der Waals surface area contributed by atoms with E-state index in [1.54, 1.807) is 6.20 Å². The van der Waals surface area contributed by atoms with Gasteiger partial charge in [0.2, 0.25) is 0 Å². The second-order valence-corrected chi connectivity index (χ2v) is 5.20. The number of carbonyl (C=O) groups is 2. The van der Waals surface area contributed by atoms with Crippen LogP contribution in [-0.4, -0.2) is 27.0 Å². The fourth-order valence-corrected chi connectivity index (χ4v) is 2.53. The molecule has 0 radical (unpaired) electrons. The topological polar surface area (TPSA) is 92.2 Å². The SMILES string of the molecule is O=C(O)c1cccc(C(=O)Nc2cnc3c(c2)CCCC3)n1. The van der Waals surface area contributed by atoms with Gasteiger partial charge in [0.15, 0.2) is 0 Å². The summed E-state index contributed by atoms with van der Waals surface area (Å²) in [5.41, 5.74) is 2.77. The molecule has 112 valence electrons. The summed E-state index contributed by atoms with van der Waals surface area (Å²) >= 11 is 0. The maximum Gasteiger partial charge on any atom is 0.354 e. The molecule has 2 heterocycles. The minimum atomic E-state index is -1.16. The number of nitrogens with zero attached hydrogens (tertiary/aromatic N) is 2. The highest BCUT2D eigenvalue weighted by Gasteiger charge is 2.14. The quantitative estimate of drug-likeness (QED) is 0.907. The van der Waals surface area contributed by atoms with Crippen LogP contribution in [0.15, 0.2) is 30.5 Å².